The lowest BCUT2D eigenvalue weighted by atomic mass is 9.89. The molecular formula is C24H36O5. The summed E-state index contributed by atoms with van der Waals surface area (Å²) in [6.45, 7) is 5.53. The number of carbonyl (C=O) groups is 2. The Morgan fingerprint density at radius 1 is 1.31 bits per heavy atom. The molecule has 5 nitrogen and oxygen atoms in total. The SMILES string of the molecule is COC(=O)C(=C(C=CCC(C)=CC=CC(C)(C)O)CCCCO)[C@H]1CCCC1=O. The van der Waals surface area contributed by atoms with Crippen LogP contribution in [0.25, 0.3) is 0 Å². The zero-order chi connectivity index (χ0) is 21.9. The molecule has 1 rings (SSSR count). The fourth-order valence-corrected chi connectivity index (χ4v) is 3.37. The Morgan fingerprint density at radius 3 is 2.59 bits per heavy atom. The summed E-state index contributed by atoms with van der Waals surface area (Å²) >= 11 is 0. The van der Waals surface area contributed by atoms with E-state index in [-0.39, 0.29) is 18.3 Å². The minimum Gasteiger partial charge on any atom is -0.466 e. The van der Waals surface area contributed by atoms with Crippen molar-refractivity contribution in [2.45, 2.75) is 71.3 Å². The molecule has 0 aromatic carbocycles. The van der Waals surface area contributed by atoms with Crippen LogP contribution in [0.4, 0.5) is 0 Å². The van der Waals surface area contributed by atoms with Crippen LogP contribution in [0.3, 0.4) is 0 Å². The minimum absolute atomic E-state index is 0.0995. The molecule has 29 heavy (non-hydrogen) atoms. The van der Waals surface area contributed by atoms with E-state index in [0.717, 1.165) is 24.0 Å². The summed E-state index contributed by atoms with van der Waals surface area (Å²) in [4.78, 5) is 24.8. The Labute approximate surface area is 174 Å². The number of hydrogen-bond acceptors (Lipinski definition) is 5. The van der Waals surface area contributed by atoms with Gasteiger partial charge in [0.15, 0.2) is 0 Å². The molecule has 1 fully saturated rings. The van der Waals surface area contributed by atoms with E-state index >= 15 is 0 Å². The zero-order valence-corrected chi connectivity index (χ0v) is 18.2. The predicted molar refractivity (Wildman–Crippen MR) is 115 cm³/mol. The number of aliphatic hydroxyl groups is 2. The third kappa shape index (κ3) is 9.37. The number of unbranched alkanes of at least 4 members (excludes halogenated alkanes) is 1. The van der Waals surface area contributed by atoms with Crippen molar-refractivity contribution in [3.05, 3.63) is 47.1 Å². The summed E-state index contributed by atoms with van der Waals surface area (Å²) in [6, 6.07) is 0. The second kappa shape index (κ2) is 12.6. The number of hydrogen-bond donors (Lipinski definition) is 2. The summed E-state index contributed by atoms with van der Waals surface area (Å²) in [5, 5.41) is 18.8. The molecule has 1 atom stereocenters. The van der Waals surface area contributed by atoms with Crippen molar-refractivity contribution in [3.63, 3.8) is 0 Å². The van der Waals surface area contributed by atoms with E-state index in [1.54, 1.807) is 19.9 Å². The number of rotatable bonds is 11. The van der Waals surface area contributed by atoms with E-state index in [2.05, 4.69) is 0 Å². The molecule has 0 unspecified atom stereocenters. The molecule has 162 valence electrons. The molecule has 1 aliphatic carbocycles. The first-order valence-corrected chi connectivity index (χ1v) is 10.4. The minimum atomic E-state index is -0.849. The molecule has 0 radical (unpaired) electrons. The predicted octanol–water partition coefficient (Wildman–Crippen LogP) is 4.21. The second-order valence-corrected chi connectivity index (χ2v) is 8.15. The van der Waals surface area contributed by atoms with Crippen LogP contribution in [-0.2, 0) is 14.3 Å². The third-order valence-electron chi connectivity index (χ3n) is 4.90. The fourth-order valence-electron chi connectivity index (χ4n) is 3.37. The Balaban J connectivity index is 3.07. The van der Waals surface area contributed by atoms with Crippen LogP contribution in [0.15, 0.2) is 47.1 Å². The van der Waals surface area contributed by atoms with E-state index in [9.17, 15) is 14.7 Å². The Kier molecular flexibility index (Phi) is 10.8. The third-order valence-corrected chi connectivity index (χ3v) is 4.90. The number of carbonyl (C=O) groups excluding carboxylic acids is 2. The number of allylic oxidation sites excluding steroid dienone is 6. The fraction of sp³-hybridized carbons (Fsp3) is 0.583. The molecule has 2 N–H and O–H groups in total. The number of esters is 1. The molecule has 0 aromatic heterocycles. The van der Waals surface area contributed by atoms with Crippen LogP contribution in [0.5, 0.6) is 0 Å². The van der Waals surface area contributed by atoms with E-state index in [4.69, 9.17) is 9.84 Å². The van der Waals surface area contributed by atoms with E-state index in [1.165, 1.54) is 7.11 Å². The van der Waals surface area contributed by atoms with Crippen LogP contribution >= 0.6 is 0 Å². The Hall–Kier alpha value is -1.98. The normalized spacial score (nSPS) is 19.3. The van der Waals surface area contributed by atoms with Crippen LogP contribution < -0.4 is 0 Å². The molecule has 0 bridgehead atoms. The monoisotopic (exact) mass is 404 g/mol. The first-order chi connectivity index (χ1) is 13.7. The van der Waals surface area contributed by atoms with Gasteiger partial charge in [-0.25, -0.2) is 4.79 Å². The lowest BCUT2D eigenvalue weighted by Crippen LogP contribution is -2.20. The lowest BCUT2D eigenvalue weighted by Gasteiger charge is -2.16. The van der Waals surface area contributed by atoms with Crippen molar-refractivity contribution in [2.75, 3.05) is 13.7 Å². The number of ketones is 1. The summed E-state index contributed by atoms with van der Waals surface area (Å²) in [5.41, 5.74) is 1.56. The van der Waals surface area contributed by atoms with E-state index in [0.29, 0.717) is 37.7 Å². The topological polar surface area (TPSA) is 83.8 Å². The van der Waals surface area contributed by atoms with Gasteiger partial charge in [-0.15, -0.1) is 0 Å². The van der Waals surface area contributed by atoms with Gasteiger partial charge in [-0.1, -0.05) is 36.0 Å². The average molecular weight is 405 g/mol. The maximum Gasteiger partial charge on any atom is 0.334 e. The molecule has 5 heteroatoms. The molecule has 1 aliphatic rings. The number of ether oxygens (including phenoxy) is 1. The van der Waals surface area contributed by atoms with Crippen molar-refractivity contribution in [1.82, 2.24) is 0 Å². The zero-order valence-electron chi connectivity index (χ0n) is 18.2. The standard InChI is InChI=1S/C24H36O5/c1-18(11-9-16-24(2,3)28)10-7-13-19(12-5-6-17-25)22(23(27)29-4)20-14-8-15-21(20)26/h7,9,11,13,16,20,25,28H,5-6,8,10,12,14-15,17H2,1-4H3/t20-/m0/s1. The molecule has 0 saturated heterocycles. The summed E-state index contributed by atoms with van der Waals surface area (Å²) < 4.78 is 5.00. The van der Waals surface area contributed by atoms with Gasteiger partial charge < -0.3 is 14.9 Å². The van der Waals surface area contributed by atoms with Crippen molar-refractivity contribution >= 4 is 11.8 Å². The summed E-state index contributed by atoms with van der Waals surface area (Å²) in [6.07, 6.45) is 14.1. The smallest absolute Gasteiger partial charge is 0.334 e. The van der Waals surface area contributed by atoms with E-state index < -0.39 is 11.6 Å². The first kappa shape index (κ1) is 25.1. The molecule has 0 heterocycles. The average Bonchev–Trinajstić information content (AvgIpc) is 3.06. The Bertz CT molecular complexity index is 674. The number of Topliss-reactive ketones (excluding diaryl/α,β-unsaturated/α-hetero) is 1. The van der Waals surface area contributed by atoms with Crippen molar-refractivity contribution < 1.29 is 24.5 Å². The lowest BCUT2D eigenvalue weighted by molar-refractivity contribution is -0.138. The highest BCUT2D eigenvalue weighted by atomic mass is 16.5. The number of methoxy groups -OCH3 is 1. The van der Waals surface area contributed by atoms with Crippen molar-refractivity contribution in [2.24, 2.45) is 5.92 Å². The van der Waals surface area contributed by atoms with E-state index in [1.807, 2.05) is 31.2 Å². The second-order valence-electron chi connectivity index (χ2n) is 8.15. The highest BCUT2D eigenvalue weighted by Gasteiger charge is 2.33. The van der Waals surface area contributed by atoms with Gasteiger partial charge in [0.2, 0.25) is 0 Å². The first-order valence-electron chi connectivity index (χ1n) is 10.4. The molecule has 0 spiro atoms. The molecule has 0 aliphatic heterocycles. The maximum atomic E-state index is 12.5. The van der Waals surface area contributed by atoms with Gasteiger partial charge in [0.1, 0.15) is 5.78 Å². The van der Waals surface area contributed by atoms with Gasteiger partial charge in [0, 0.05) is 13.0 Å². The number of aliphatic hydroxyl groups excluding tert-OH is 1. The van der Waals surface area contributed by atoms with Crippen LogP contribution in [0.1, 0.15) is 65.7 Å². The molecule has 0 aromatic rings. The summed E-state index contributed by atoms with van der Waals surface area (Å²) in [5.74, 6) is -0.719. The summed E-state index contributed by atoms with van der Waals surface area (Å²) in [7, 11) is 1.35. The van der Waals surface area contributed by atoms with Crippen molar-refractivity contribution in [1.29, 1.82) is 0 Å². The van der Waals surface area contributed by atoms with Gasteiger partial charge in [0.25, 0.3) is 0 Å². The van der Waals surface area contributed by atoms with Gasteiger partial charge >= 0.3 is 5.97 Å². The molecular weight excluding hydrogens is 368 g/mol. The Morgan fingerprint density at radius 2 is 2.03 bits per heavy atom. The van der Waals surface area contributed by atoms with Crippen LogP contribution in [0.2, 0.25) is 0 Å². The largest absolute Gasteiger partial charge is 0.466 e. The van der Waals surface area contributed by atoms with Gasteiger partial charge in [-0.05, 0) is 64.9 Å². The van der Waals surface area contributed by atoms with Crippen LogP contribution in [-0.4, -0.2) is 41.3 Å². The van der Waals surface area contributed by atoms with Crippen LogP contribution in [0, 0.1) is 5.92 Å². The molecule has 0 amide bonds. The van der Waals surface area contributed by atoms with Gasteiger partial charge in [0.05, 0.1) is 24.2 Å². The molecule has 1 saturated carbocycles. The maximum absolute atomic E-state index is 12.5. The van der Waals surface area contributed by atoms with Crippen molar-refractivity contribution in [3.8, 4) is 0 Å². The quantitative estimate of drug-likeness (QED) is 0.233. The highest BCUT2D eigenvalue weighted by molar-refractivity contribution is 5.99. The van der Waals surface area contributed by atoms with Gasteiger partial charge in [-0.3, -0.25) is 4.79 Å². The van der Waals surface area contributed by atoms with Gasteiger partial charge in [-0.2, -0.15) is 0 Å². The highest BCUT2D eigenvalue weighted by Crippen LogP contribution is 2.32.